The van der Waals surface area contributed by atoms with Crippen LogP contribution in [0.3, 0.4) is 0 Å². The van der Waals surface area contributed by atoms with Gasteiger partial charge in [0.1, 0.15) is 29.5 Å². The van der Waals surface area contributed by atoms with Crippen molar-refractivity contribution in [1.82, 2.24) is 0 Å². The van der Waals surface area contributed by atoms with Crippen LogP contribution in [0.2, 0.25) is 0 Å². The highest BCUT2D eigenvalue weighted by atomic mass is 32.2. The van der Waals surface area contributed by atoms with E-state index in [1.54, 1.807) is 0 Å². The second-order valence-corrected chi connectivity index (χ2v) is 12.8. The fraction of sp³-hybridized carbons (Fsp3) is 0.333. The Kier molecular flexibility index (Phi) is 13.2. The van der Waals surface area contributed by atoms with Gasteiger partial charge in [-0.05, 0) is 42.7 Å². The summed E-state index contributed by atoms with van der Waals surface area (Å²) in [5, 5.41) is 0. The maximum Gasteiger partial charge on any atom is 0.306 e. The van der Waals surface area contributed by atoms with E-state index in [0.29, 0.717) is 13.2 Å². The van der Waals surface area contributed by atoms with Crippen LogP contribution < -0.4 is 0 Å². The zero-order chi connectivity index (χ0) is 32.8. The average Bonchev–Trinajstić information content (AvgIpc) is 3.09. The summed E-state index contributed by atoms with van der Waals surface area (Å²) >= 11 is 1.47. The molecule has 1 fully saturated rings. The van der Waals surface area contributed by atoms with Crippen molar-refractivity contribution in [2.75, 3.05) is 6.61 Å². The molecular formula is C39H42O7S. The first-order valence-corrected chi connectivity index (χ1v) is 16.8. The van der Waals surface area contributed by atoms with Gasteiger partial charge in [-0.1, -0.05) is 120 Å². The summed E-state index contributed by atoms with van der Waals surface area (Å²) in [5.74, 6) is -0.568. The molecule has 1 aliphatic heterocycles. The normalized spacial score (nSPS) is 20.9. The molecule has 0 unspecified atom stereocenters. The summed E-state index contributed by atoms with van der Waals surface area (Å²) in [5.41, 5.74) is 3.51. The SMILES string of the molecule is CC(=O)CCC(=O)O[C@H]1[C@H](OCc2ccccc2)[C@@H](OCc2ccccc2)[C@H](COCc2ccccc2)O[C@@H]1Sc1ccc(C)cc1. The first-order chi connectivity index (χ1) is 22.9. The monoisotopic (exact) mass is 654 g/mol. The number of aryl methyl sites for hydroxylation is 1. The lowest BCUT2D eigenvalue weighted by Gasteiger charge is -2.45. The summed E-state index contributed by atoms with van der Waals surface area (Å²) in [6.45, 7) is 4.71. The Bertz CT molecular complexity index is 1520. The van der Waals surface area contributed by atoms with Gasteiger partial charge in [-0.15, -0.1) is 0 Å². The predicted molar refractivity (Wildman–Crippen MR) is 182 cm³/mol. The third-order valence-corrected chi connectivity index (χ3v) is 8.93. The van der Waals surface area contributed by atoms with Gasteiger partial charge in [0.15, 0.2) is 6.10 Å². The third-order valence-electron chi connectivity index (χ3n) is 7.78. The van der Waals surface area contributed by atoms with Crippen molar-refractivity contribution in [3.05, 3.63) is 138 Å². The van der Waals surface area contributed by atoms with Crippen LogP contribution in [0.1, 0.15) is 42.0 Å². The molecule has 4 aromatic rings. The van der Waals surface area contributed by atoms with Gasteiger partial charge >= 0.3 is 5.97 Å². The highest BCUT2D eigenvalue weighted by Gasteiger charge is 2.50. The number of carbonyl (C=O) groups is 2. The molecule has 0 spiro atoms. The highest BCUT2D eigenvalue weighted by Crippen LogP contribution is 2.38. The van der Waals surface area contributed by atoms with E-state index in [-0.39, 0.29) is 31.8 Å². The first-order valence-electron chi connectivity index (χ1n) is 15.9. The van der Waals surface area contributed by atoms with E-state index in [0.717, 1.165) is 27.1 Å². The summed E-state index contributed by atoms with van der Waals surface area (Å²) in [6, 6.07) is 37.8. The number of rotatable bonds is 16. The van der Waals surface area contributed by atoms with E-state index in [4.69, 9.17) is 23.7 Å². The van der Waals surface area contributed by atoms with E-state index in [1.165, 1.54) is 18.7 Å². The fourth-order valence-corrected chi connectivity index (χ4v) is 6.37. The van der Waals surface area contributed by atoms with E-state index in [9.17, 15) is 9.59 Å². The van der Waals surface area contributed by atoms with Crippen LogP contribution in [0, 0.1) is 6.92 Å². The van der Waals surface area contributed by atoms with Crippen LogP contribution in [-0.4, -0.2) is 48.2 Å². The number of thioether (sulfide) groups is 1. The van der Waals surface area contributed by atoms with Gasteiger partial charge in [-0.25, -0.2) is 0 Å². The average molecular weight is 655 g/mol. The van der Waals surface area contributed by atoms with Crippen molar-refractivity contribution < 1.29 is 33.3 Å². The maximum atomic E-state index is 13.2. The Morgan fingerprint density at radius 3 is 1.74 bits per heavy atom. The molecule has 5 atom stereocenters. The van der Waals surface area contributed by atoms with Gasteiger partial charge in [0, 0.05) is 11.3 Å². The molecule has 0 aromatic heterocycles. The summed E-state index contributed by atoms with van der Waals surface area (Å²) in [7, 11) is 0. The van der Waals surface area contributed by atoms with Crippen LogP contribution in [-0.2, 0) is 53.1 Å². The Hall–Kier alpha value is -3.79. The number of ether oxygens (including phenoxy) is 5. The molecule has 8 heteroatoms. The van der Waals surface area contributed by atoms with Crippen molar-refractivity contribution in [2.24, 2.45) is 0 Å². The fourth-order valence-electron chi connectivity index (χ4n) is 5.26. The molecule has 47 heavy (non-hydrogen) atoms. The minimum atomic E-state index is -0.837. The number of hydrogen-bond donors (Lipinski definition) is 0. The first kappa shape index (κ1) is 34.5. The molecule has 4 aromatic carbocycles. The number of hydrogen-bond acceptors (Lipinski definition) is 8. The van der Waals surface area contributed by atoms with E-state index >= 15 is 0 Å². The number of carbonyl (C=O) groups excluding carboxylic acids is 2. The smallest absolute Gasteiger partial charge is 0.306 e. The quantitative estimate of drug-likeness (QED) is 0.115. The molecule has 0 radical (unpaired) electrons. The lowest BCUT2D eigenvalue weighted by molar-refractivity contribution is -0.249. The molecule has 1 aliphatic rings. The van der Waals surface area contributed by atoms with Crippen molar-refractivity contribution in [3.63, 3.8) is 0 Å². The van der Waals surface area contributed by atoms with Crippen molar-refractivity contribution >= 4 is 23.5 Å². The van der Waals surface area contributed by atoms with E-state index in [2.05, 4.69) is 0 Å². The maximum absolute atomic E-state index is 13.2. The van der Waals surface area contributed by atoms with Gasteiger partial charge in [0.2, 0.25) is 0 Å². The molecule has 0 saturated carbocycles. The van der Waals surface area contributed by atoms with Crippen molar-refractivity contribution in [3.8, 4) is 0 Å². The van der Waals surface area contributed by atoms with Gasteiger partial charge in [-0.3, -0.25) is 4.79 Å². The van der Waals surface area contributed by atoms with E-state index < -0.39 is 35.8 Å². The zero-order valence-electron chi connectivity index (χ0n) is 26.9. The Morgan fingerprint density at radius 2 is 1.19 bits per heavy atom. The second kappa shape index (κ2) is 17.9. The zero-order valence-corrected chi connectivity index (χ0v) is 27.7. The van der Waals surface area contributed by atoms with Crippen molar-refractivity contribution in [2.45, 2.75) is 81.3 Å². The summed E-state index contributed by atoms with van der Waals surface area (Å²) in [6.07, 6.45) is -2.66. The number of benzene rings is 4. The topological polar surface area (TPSA) is 80.3 Å². The van der Waals surface area contributed by atoms with E-state index in [1.807, 2.05) is 122 Å². The molecule has 0 N–H and O–H groups in total. The standard InChI is InChI=1S/C39H42O7S/c1-28-18-21-33(22-19-28)47-39-38(46-35(41)23-20-29(2)40)37(44-26-32-16-10-5-11-17-32)36(43-25-31-14-8-4-9-15-31)34(45-39)27-42-24-30-12-6-3-7-13-30/h3-19,21-22,34,36-39H,20,23-27H2,1-2H3/t34-,36-,37+,38-,39+/m0/s1. The highest BCUT2D eigenvalue weighted by molar-refractivity contribution is 7.99. The minimum Gasteiger partial charge on any atom is -0.456 e. The van der Waals surface area contributed by atoms with Crippen LogP contribution in [0.5, 0.6) is 0 Å². The van der Waals surface area contributed by atoms with Crippen LogP contribution in [0.4, 0.5) is 0 Å². The Morgan fingerprint density at radius 1 is 0.660 bits per heavy atom. The third kappa shape index (κ3) is 10.9. The lowest BCUT2D eigenvalue weighted by atomic mass is 9.98. The molecule has 0 aliphatic carbocycles. The molecule has 1 saturated heterocycles. The molecule has 5 rings (SSSR count). The Balaban J connectivity index is 1.47. The van der Waals surface area contributed by atoms with Crippen LogP contribution in [0.25, 0.3) is 0 Å². The Labute approximate surface area is 281 Å². The lowest BCUT2D eigenvalue weighted by Crippen LogP contribution is -2.60. The molecule has 7 nitrogen and oxygen atoms in total. The number of esters is 1. The molecule has 0 bridgehead atoms. The van der Waals surface area contributed by atoms with Crippen LogP contribution >= 0.6 is 11.8 Å². The van der Waals surface area contributed by atoms with Gasteiger partial charge < -0.3 is 28.5 Å². The van der Waals surface area contributed by atoms with Crippen molar-refractivity contribution in [1.29, 1.82) is 0 Å². The second-order valence-electron chi connectivity index (χ2n) is 11.7. The predicted octanol–water partition coefficient (Wildman–Crippen LogP) is 7.48. The molecule has 0 amide bonds. The minimum absolute atomic E-state index is 0.0295. The number of ketones is 1. The summed E-state index contributed by atoms with van der Waals surface area (Å²) < 4.78 is 32.5. The number of Topliss-reactive ketones (excluding diaryl/α,β-unsaturated/α-hetero) is 1. The van der Waals surface area contributed by atoms with Crippen LogP contribution in [0.15, 0.2) is 120 Å². The largest absolute Gasteiger partial charge is 0.456 e. The van der Waals surface area contributed by atoms with Gasteiger partial charge in [-0.2, -0.15) is 0 Å². The van der Waals surface area contributed by atoms with Gasteiger partial charge in [0.05, 0.1) is 32.8 Å². The summed E-state index contributed by atoms with van der Waals surface area (Å²) in [4.78, 5) is 25.9. The van der Waals surface area contributed by atoms with Gasteiger partial charge in [0.25, 0.3) is 0 Å². The molecule has 1 heterocycles. The molecular weight excluding hydrogens is 612 g/mol. The molecule has 246 valence electrons.